The van der Waals surface area contributed by atoms with E-state index in [4.69, 9.17) is 4.74 Å². The number of piperidine rings is 1. The topological polar surface area (TPSA) is 58.6 Å². The summed E-state index contributed by atoms with van der Waals surface area (Å²) < 4.78 is 99.5. The highest BCUT2D eigenvalue weighted by atomic mass is 19.4. The maximum atomic E-state index is 14.0. The van der Waals surface area contributed by atoms with Gasteiger partial charge < -0.3 is 15.0 Å². The summed E-state index contributed by atoms with van der Waals surface area (Å²) in [6.45, 7) is 7.27. The highest BCUT2D eigenvalue weighted by Gasteiger charge is 2.39. The van der Waals surface area contributed by atoms with Gasteiger partial charge in [0, 0.05) is 37.9 Å². The van der Waals surface area contributed by atoms with Crippen molar-refractivity contribution in [1.82, 2.24) is 10.2 Å². The zero-order chi connectivity index (χ0) is 34.5. The summed E-state index contributed by atoms with van der Waals surface area (Å²) in [6.07, 6.45) is -5.16. The van der Waals surface area contributed by atoms with Crippen LogP contribution in [0.2, 0.25) is 0 Å². The van der Waals surface area contributed by atoms with Gasteiger partial charge in [-0.1, -0.05) is 13.0 Å². The average molecular weight is 673 g/mol. The number of esters is 1. The number of carbonyl (C=O) groups is 2. The smallest absolute Gasteiger partial charge is 0.416 e. The Morgan fingerprint density at radius 3 is 2.13 bits per heavy atom. The molecule has 0 spiro atoms. The second-order valence-corrected chi connectivity index (χ2v) is 13.1. The molecule has 0 radical (unpaired) electrons. The number of carbonyl (C=O) groups excluding carboxylic acids is 2. The Hall–Kier alpha value is -3.15. The third kappa shape index (κ3) is 9.93. The first-order valence-corrected chi connectivity index (χ1v) is 16.3. The number of nitrogens with zero attached hydrogens (tertiary/aromatic N) is 1. The number of halogens is 7. The average Bonchev–Trinajstić information content (AvgIpc) is 2.99. The van der Waals surface area contributed by atoms with Crippen LogP contribution in [-0.2, 0) is 26.7 Å². The van der Waals surface area contributed by atoms with Gasteiger partial charge in [-0.25, -0.2) is 4.39 Å². The fourth-order valence-electron chi connectivity index (χ4n) is 7.07. The van der Waals surface area contributed by atoms with Gasteiger partial charge in [-0.2, -0.15) is 26.3 Å². The van der Waals surface area contributed by atoms with Crippen LogP contribution in [-0.4, -0.2) is 49.6 Å². The molecule has 47 heavy (non-hydrogen) atoms. The van der Waals surface area contributed by atoms with Crippen LogP contribution >= 0.6 is 0 Å². The quantitative estimate of drug-likeness (QED) is 0.204. The van der Waals surface area contributed by atoms with Crippen molar-refractivity contribution in [2.24, 2.45) is 17.8 Å². The van der Waals surface area contributed by atoms with Crippen molar-refractivity contribution < 1.29 is 45.1 Å². The maximum Gasteiger partial charge on any atom is 0.416 e. The predicted octanol–water partition coefficient (Wildman–Crippen LogP) is 8.26. The summed E-state index contributed by atoms with van der Waals surface area (Å²) in [4.78, 5) is 27.8. The molecule has 2 fully saturated rings. The van der Waals surface area contributed by atoms with Gasteiger partial charge in [0.15, 0.2) is 0 Å². The number of alkyl halides is 6. The third-order valence-electron chi connectivity index (χ3n) is 9.67. The lowest BCUT2D eigenvalue weighted by molar-refractivity contribution is -0.145. The van der Waals surface area contributed by atoms with Crippen molar-refractivity contribution in [3.8, 4) is 0 Å². The van der Waals surface area contributed by atoms with E-state index in [2.05, 4.69) is 10.2 Å². The maximum absolute atomic E-state index is 14.0. The molecule has 2 aliphatic rings. The highest BCUT2D eigenvalue weighted by Crippen LogP contribution is 2.39. The number of likely N-dealkylation sites (tertiary alicyclic amines) is 1. The molecule has 3 atom stereocenters. The molecule has 1 saturated carbocycles. The number of aryl methyl sites for hydroxylation is 1. The van der Waals surface area contributed by atoms with Gasteiger partial charge in [0.25, 0.3) is 0 Å². The molecule has 12 heteroatoms. The zero-order valence-corrected chi connectivity index (χ0v) is 26.9. The van der Waals surface area contributed by atoms with Crippen LogP contribution in [0.5, 0.6) is 0 Å². The lowest BCUT2D eigenvalue weighted by Gasteiger charge is -2.41. The molecule has 0 unspecified atom stereocenters. The summed E-state index contributed by atoms with van der Waals surface area (Å²) >= 11 is 0. The summed E-state index contributed by atoms with van der Waals surface area (Å²) in [6, 6.07) is 5.94. The van der Waals surface area contributed by atoms with E-state index in [-0.39, 0.29) is 36.0 Å². The Morgan fingerprint density at radius 1 is 0.936 bits per heavy atom. The Labute approximate surface area is 271 Å². The van der Waals surface area contributed by atoms with E-state index < -0.39 is 41.1 Å². The van der Waals surface area contributed by atoms with Crippen molar-refractivity contribution >= 4 is 11.9 Å². The van der Waals surface area contributed by atoms with E-state index in [0.717, 1.165) is 37.8 Å². The minimum atomic E-state index is -4.96. The van der Waals surface area contributed by atoms with Crippen LogP contribution in [0.4, 0.5) is 30.7 Å². The van der Waals surface area contributed by atoms with Gasteiger partial charge in [-0.3, -0.25) is 9.59 Å². The molecule has 0 bridgehead atoms. The summed E-state index contributed by atoms with van der Waals surface area (Å²) in [5.74, 6) is -1.78. The number of hydrogen-bond acceptors (Lipinski definition) is 4. The Bertz CT molecular complexity index is 1350. The Balaban J connectivity index is 1.44. The molecule has 1 saturated heterocycles. The van der Waals surface area contributed by atoms with Crippen LogP contribution in [0.1, 0.15) is 92.0 Å². The molecule has 1 heterocycles. The lowest BCUT2D eigenvalue weighted by atomic mass is 9.77. The van der Waals surface area contributed by atoms with Crippen molar-refractivity contribution in [1.29, 1.82) is 0 Å². The standard InChI is InChI=1S/C35H43F7N2O3/c1-4-47-32(45)14-23-5-7-24(8-6-23)19-44-12-11-30(31(20-44)29-10-9-28(36)13-21(29)2)33(46)43-18-22(3)25-15-26(34(37,38)39)17-27(16-25)35(40,41)42/h9-10,13,15-17,22-24,30-31H,4-8,11-12,14,18-20H2,1-3H3,(H,43,46)/t22-,23?,24?,30+,31-/m1/s1. The van der Waals surface area contributed by atoms with Crippen molar-refractivity contribution in [2.45, 2.75) is 83.5 Å². The van der Waals surface area contributed by atoms with Gasteiger partial charge in [-0.15, -0.1) is 0 Å². The number of hydrogen-bond donors (Lipinski definition) is 1. The molecule has 0 aromatic heterocycles. The summed E-state index contributed by atoms with van der Waals surface area (Å²) in [7, 11) is 0. The number of ether oxygens (including phenoxy) is 1. The van der Waals surface area contributed by atoms with Crippen LogP contribution in [0.3, 0.4) is 0 Å². The first kappa shape index (κ1) is 36.7. The van der Waals surface area contributed by atoms with E-state index >= 15 is 0 Å². The normalized spacial score (nSPS) is 23.3. The molecule has 1 aliphatic carbocycles. The number of amides is 1. The lowest BCUT2D eigenvalue weighted by Crippen LogP contribution is -2.47. The van der Waals surface area contributed by atoms with Crippen molar-refractivity contribution in [3.05, 3.63) is 70.0 Å². The van der Waals surface area contributed by atoms with Gasteiger partial charge >= 0.3 is 18.3 Å². The van der Waals surface area contributed by atoms with Crippen molar-refractivity contribution in [2.75, 3.05) is 32.8 Å². The van der Waals surface area contributed by atoms with Crippen LogP contribution < -0.4 is 5.32 Å². The largest absolute Gasteiger partial charge is 0.466 e. The number of benzene rings is 2. The van der Waals surface area contributed by atoms with Crippen LogP contribution in [0.25, 0.3) is 0 Å². The Kier molecular flexibility index (Phi) is 12.0. The molecular weight excluding hydrogens is 629 g/mol. The second-order valence-electron chi connectivity index (χ2n) is 13.1. The first-order valence-electron chi connectivity index (χ1n) is 16.3. The second kappa shape index (κ2) is 15.4. The van der Waals surface area contributed by atoms with Crippen molar-refractivity contribution in [3.63, 3.8) is 0 Å². The Morgan fingerprint density at radius 2 is 1.55 bits per heavy atom. The fraction of sp³-hybridized carbons (Fsp3) is 0.600. The van der Waals surface area contributed by atoms with E-state index in [1.165, 1.54) is 19.1 Å². The SMILES string of the molecule is CCOC(=O)CC1CCC(CN2CC[C@H](C(=O)NC[C@@H](C)c3cc(C(F)(F)F)cc(C(F)(F)F)c3)[C@@H](c3ccc(F)cc3C)C2)CC1. The third-order valence-corrected chi connectivity index (χ3v) is 9.67. The molecular formula is C35H43F7N2O3. The molecule has 1 amide bonds. The van der Waals surface area contributed by atoms with E-state index in [1.54, 1.807) is 19.9 Å². The fourth-order valence-corrected chi connectivity index (χ4v) is 7.07. The van der Waals surface area contributed by atoms with Gasteiger partial charge in [-0.05, 0) is 117 Å². The molecule has 2 aromatic rings. The van der Waals surface area contributed by atoms with E-state index in [9.17, 15) is 40.3 Å². The zero-order valence-electron chi connectivity index (χ0n) is 26.9. The van der Waals surface area contributed by atoms with E-state index in [0.29, 0.717) is 62.1 Å². The first-order chi connectivity index (χ1) is 22.0. The summed E-state index contributed by atoms with van der Waals surface area (Å²) in [5, 5.41) is 2.79. The van der Waals surface area contributed by atoms with Gasteiger partial charge in [0.1, 0.15) is 5.82 Å². The minimum Gasteiger partial charge on any atom is -0.466 e. The van der Waals surface area contributed by atoms with Crippen LogP contribution in [0.15, 0.2) is 36.4 Å². The molecule has 1 aliphatic heterocycles. The molecule has 2 aromatic carbocycles. The number of rotatable bonds is 10. The van der Waals surface area contributed by atoms with Gasteiger partial charge in [0.05, 0.1) is 17.7 Å². The molecule has 1 N–H and O–H groups in total. The van der Waals surface area contributed by atoms with Gasteiger partial charge in [0.2, 0.25) is 5.91 Å². The minimum absolute atomic E-state index is 0.0906. The van der Waals surface area contributed by atoms with E-state index in [1.807, 2.05) is 0 Å². The monoisotopic (exact) mass is 672 g/mol. The number of nitrogens with one attached hydrogen (secondary N) is 1. The molecule has 260 valence electrons. The molecule has 4 rings (SSSR count). The predicted molar refractivity (Wildman–Crippen MR) is 163 cm³/mol. The summed E-state index contributed by atoms with van der Waals surface area (Å²) in [5.41, 5.74) is -1.44. The highest BCUT2D eigenvalue weighted by molar-refractivity contribution is 5.80. The van der Waals surface area contributed by atoms with Crippen LogP contribution in [0, 0.1) is 30.5 Å². The molecule has 5 nitrogen and oxygen atoms in total.